The summed E-state index contributed by atoms with van der Waals surface area (Å²) in [6.45, 7) is 4.70. The minimum absolute atomic E-state index is 0.0598. The second kappa shape index (κ2) is 15.4. The number of hydrogen-bond acceptors (Lipinski definition) is 7. The predicted molar refractivity (Wildman–Crippen MR) is 152 cm³/mol. The molecule has 0 radical (unpaired) electrons. The van der Waals surface area contributed by atoms with Gasteiger partial charge >= 0.3 is 6.15 Å². The lowest BCUT2D eigenvalue weighted by atomic mass is 10.1. The molecule has 0 aliphatic rings. The van der Waals surface area contributed by atoms with E-state index in [0.717, 1.165) is 0 Å². The summed E-state index contributed by atoms with van der Waals surface area (Å²) in [7, 11) is 0. The third-order valence-corrected chi connectivity index (χ3v) is 5.80. The number of nitrogens with one attached hydrogen (secondary N) is 3. The molecule has 13 heteroatoms. The van der Waals surface area contributed by atoms with Crippen LogP contribution < -0.4 is 16.4 Å². The average Bonchev–Trinajstić information content (AvgIpc) is 2.96. The van der Waals surface area contributed by atoms with E-state index < -0.39 is 22.8 Å². The van der Waals surface area contributed by atoms with E-state index in [1.54, 1.807) is 25.1 Å². The van der Waals surface area contributed by atoms with Gasteiger partial charge in [0.1, 0.15) is 29.0 Å². The van der Waals surface area contributed by atoms with Crippen LogP contribution in [0.4, 0.5) is 18.9 Å². The monoisotopic (exact) mass is 597 g/mol. The Hall–Kier alpha value is -5.68. The zero-order valence-electron chi connectivity index (χ0n) is 23.1. The molecule has 5 N–H and O–H groups in total. The number of H-pyrrole nitrogens is 2. The van der Waals surface area contributed by atoms with Crippen LogP contribution >= 0.6 is 0 Å². The Morgan fingerprint density at radius 2 is 1.37 bits per heavy atom. The molecule has 5 aromatic rings. The minimum atomic E-state index is -0.542. The molecule has 0 bridgehead atoms. The van der Waals surface area contributed by atoms with Crippen molar-refractivity contribution in [2.75, 3.05) is 5.32 Å². The van der Waals surface area contributed by atoms with Gasteiger partial charge in [-0.1, -0.05) is 19.1 Å². The number of pyridine rings is 2. The molecule has 0 aliphatic heterocycles. The molecular weight excluding hydrogens is 571 g/mol. The number of hydrogen-bond donors (Lipinski definition) is 5. The lowest BCUT2D eigenvalue weighted by Gasteiger charge is -2.03. The predicted octanol–water partition coefficient (Wildman–Crippen LogP) is 4.95. The maximum atomic E-state index is 13.3. The van der Waals surface area contributed by atoms with E-state index in [1.165, 1.54) is 56.3 Å². The molecule has 3 aromatic carbocycles. The molecule has 2 aromatic heterocycles. The van der Waals surface area contributed by atoms with Gasteiger partial charge in [-0.2, -0.15) is 9.59 Å². The fourth-order valence-electron chi connectivity index (χ4n) is 3.55. The first-order valence-electron chi connectivity index (χ1n) is 12.4. The quantitative estimate of drug-likeness (QED) is 0.192. The SMILES string of the molecule is CCC(=O)Nc1cccc(F)c1.Cc1c(O)c2c(F)cccc2[nH]c1=O.Cc1c(O)c2ccc(F)cc2[nH]c1=O.O=C=O. The van der Waals surface area contributed by atoms with Crippen LogP contribution in [0.3, 0.4) is 0 Å². The van der Waals surface area contributed by atoms with Crippen molar-refractivity contribution in [2.45, 2.75) is 27.2 Å². The smallest absolute Gasteiger partial charge is 0.373 e. The Morgan fingerprint density at radius 1 is 0.814 bits per heavy atom. The maximum Gasteiger partial charge on any atom is 0.373 e. The molecule has 0 saturated heterocycles. The van der Waals surface area contributed by atoms with Gasteiger partial charge in [0.2, 0.25) is 5.91 Å². The highest BCUT2D eigenvalue weighted by Gasteiger charge is 2.11. The van der Waals surface area contributed by atoms with E-state index in [0.29, 0.717) is 28.5 Å². The molecule has 5 rings (SSSR count). The van der Waals surface area contributed by atoms with Gasteiger partial charge in [-0.25, -0.2) is 13.2 Å². The normalized spacial score (nSPS) is 9.81. The van der Waals surface area contributed by atoms with Gasteiger partial charge in [0.05, 0.1) is 27.5 Å². The largest absolute Gasteiger partial charge is 0.507 e. The summed E-state index contributed by atoms with van der Waals surface area (Å²) in [5.74, 6) is -1.83. The number of carbonyl (C=O) groups excluding carboxylic acids is 3. The molecule has 0 aliphatic carbocycles. The third-order valence-electron chi connectivity index (χ3n) is 5.80. The second-order valence-corrected chi connectivity index (χ2v) is 8.70. The molecule has 0 atom stereocenters. The highest BCUT2D eigenvalue weighted by molar-refractivity contribution is 5.90. The second-order valence-electron chi connectivity index (χ2n) is 8.70. The summed E-state index contributed by atoms with van der Waals surface area (Å²) in [5, 5.41) is 22.2. The Kier molecular flexibility index (Phi) is 12.0. The Labute approximate surface area is 241 Å². The van der Waals surface area contributed by atoms with Gasteiger partial charge in [0, 0.05) is 17.5 Å². The van der Waals surface area contributed by atoms with Gasteiger partial charge in [0.15, 0.2) is 0 Å². The first-order chi connectivity index (χ1) is 20.3. The molecule has 0 unspecified atom stereocenters. The average molecular weight is 598 g/mol. The first-order valence-corrected chi connectivity index (χ1v) is 12.4. The summed E-state index contributed by atoms with van der Waals surface area (Å²) >= 11 is 0. The van der Waals surface area contributed by atoms with Gasteiger partial charge in [-0.3, -0.25) is 14.4 Å². The van der Waals surface area contributed by atoms with Crippen molar-refractivity contribution in [3.8, 4) is 11.5 Å². The van der Waals surface area contributed by atoms with Crippen molar-refractivity contribution < 1.29 is 37.8 Å². The van der Waals surface area contributed by atoms with Crippen molar-refractivity contribution >= 4 is 39.6 Å². The van der Waals surface area contributed by atoms with Crippen LogP contribution in [0.15, 0.2) is 70.3 Å². The topological polar surface area (TPSA) is 169 Å². The van der Waals surface area contributed by atoms with Gasteiger partial charge in [-0.15, -0.1) is 0 Å². The number of amides is 1. The molecule has 224 valence electrons. The number of benzene rings is 3. The summed E-state index contributed by atoms with van der Waals surface area (Å²) in [6, 6.07) is 13.9. The molecule has 1 amide bonds. The lowest BCUT2D eigenvalue weighted by Crippen LogP contribution is -2.09. The third kappa shape index (κ3) is 8.90. The van der Waals surface area contributed by atoms with E-state index in [1.807, 2.05) is 0 Å². The number of aromatic nitrogens is 2. The standard InChI is InChI=1S/2C10H8FNO2.C9H10FNO.CO2/c1-5-9(13)7-3-2-6(11)4-8(7)12-10(5)14;1-5-9(13)8-6(11)3-2-4-7(8)12-10(5)14;1-2-9(12)11-8-5-3-4-7(10)6-8;2-1-3/h2*2-4H,1H3,(H2,12,13,14);3-6H,2H2,1H3,(H,11,12);. The molecular formula is C30H26F3N3O7. The first kappa shape index (κ1) is 33.5. The van der Waals surface area contributed by atoms with E-state index in [2.05, 4.69) is 15.3 Å². The Balaban J connectivity index is 0.000000216. The van der Waals surface area contributed by atoms with E-state index >= 15 is 0 Å². The van der Waals surface area contributed by atoms with Crippen LogP contribution in [0.1, 0.15) is 24.5 Å². The molecule has 43 heavy (non-hydrogen) atoms. The highest BCUT2D eigenvalue weighted by atomic mass is 19.1. The number of fused-ring (bicyclic) bond motifs is 2. The van der Waals surface area contributed by atoms with Crippen LogP contribution in [0.25, 0.3) is 21.8 Å². The fourth-order valence-corrected chi connectivity index (χ4v) is 3.55. The number of rotatable bonds is 2. The van der Waals surface area contributed by atoms with Crippen LogP contribution in [-0.2, 0) is 14.4 Å². The highest BCUT2D eigenvalue weighted by Crippen LogP contribution is 2.26. The zero-order valence-corrected chi connectivity index (χ0v) is 23.1. The number of halogens is 3. The molecule has 2 heterocycles. The summed E-state index contributed by atoms with van der Waals surface area (Å²) in [6.07, 6.45) is 0.649. The summed E-state index contributed by atoms with van der Waals surface area (Å²) < 4.78 is 38.6. The van der Waals surface area contributed by atoms with Crippen LogP contribution in [-0.4, -0.2) is 32.2 Å². The number of carbonyl (C=O) groups is 1. The molecule has 10 nitrogen and oxygen atoms in total. The lowest BCUT2D eigenvalue weighted by molar-refractivity contribution is -0.191. The molecule has 0 saturated carbocycles. The number of anilines is 1. The zero-order chi connectivity index (χ0) is 32.3. The van der Waals surface area contributed by atoms with Crippen molar-refractivity contribution in [3.05, 3.63) is 110 Å². The van der Waals surface area contributed by atoms with E-state index in [-0.39, 0.29) is 45.9 Å². The number of aromatic hydroxyl groups is 2. The molecule has 0 fully saturated rings. The van der Waals surface area contributed by atoms with Crippen molar-refractivity contribution in [3.63, 3.8) is 0 Å². The minimum Gasteiger partial charge on any atom is -0.507 e. The van der Waals surface area contributed by atoms with Crippen molar-refractivity contribution in [1.82, 2.24) is 9.97 Å². The fraction of sp³-hybridized carbons (Fsp3) is 0.133. The maximum absolute atomic E-state index is 13.3. The van der Waals surface area contributed by atoms with Crippen LogP contribution in [0.2, 0.25) is 0 Å². The van der Waals surface area contributed by atoms with Gasteiger partial charge in [-0.05, 0) is 62.4 Å². The van der Waals surface area contributed by atoms with E-state index in [9.17, 15) is 37.8 Å². The van der Waals surface area contributed by atoms with Crippen LogP contribution in [0, 0.1) is 31.3 Å². The van der Waals surface area contributed by atoms with Gasteiger partial charge in [0.25, 0.3) is 11.1 Å². The Bertz CT molecular complexity index is 1900. The Morgan fingerprint density at radius 3 is 1.98 bits per heavy atom. The summed E-state index contributed by atoms with van der Waals surface area (Å²) in [4.78, 5) is 54.5. The number of aromatic amines is 2. The van der Waals surface area contributed by atoms with Gasteiger partial charge < -0.3 is 25.5 Å². The van der Waals surface area contributed by atoms with Crippen LogP contribution in [0.5, 0.6) is 11.5 Å². The molecule has 0 spiro atoms. The van der Waals surface area contributed by atoms with Crippen molar-refractivity contribution in [2.24, 2.45) is 0 Å². The summed E-state index contributed by atoms with van der Waals surface area (Å²) in [5.41, 5.74) is 0.672. The van der Waals surface area contributed by atoms with Crippen molar-refractivity contribution in [1.29, 1.82) is 0 Å². The van der Waals surface area contributed by atoms with E-state index in [4.69, 9.17) is 9.59 Å².